The fourth-order valence-corrected chi connectivity index (χ4v) is 1.05. The molecule has 0 bridgehead atoms. The van der Waals surface area contributed by atoms with Gasteiger partial charge in [-0.25, -0.2) is 0 Å². The molecule has 0 spiro atoms. The van der Waals surface area contributed by atoms with Gasteiger partial charge in [0.15, 0.2) is 0 Å². The van der Waals surface area contributed by atoms with Crippen molar-refractivity contribution in [1.29, 1.82) is 0 Å². The number of nitro groups is 1. The first kappa shape index (κ1) is 12.6. The molecular formula is C12H11FN2O2. The lowest BCUT2D eigenvalue weighted by Gasteiger charge is -1.89. The first-order valence-corrected chi connectivity index (χ1v) is 4.80. The van der Waals surface area contributed by atoms with E-state index < -0.39 is 16.4 Å². The van der Waals surface area contributed by atoms with Crippen LogP contribution in [0.1, 0.15) is 0 Å². The molecule has 88 valence electrons. The number of halogens is 1. The van der Waals surface area contributed by atoms with Gasteiger partial charge in [0.2, 0.25) is 5.82 Å². The molecule has 0 fully saturated rings. The number of anilines is 1. The second-order valence-electron chi connectivity index (χ2n) is 3.12. The smallest absolute Gasteiger partial charge is 0.304 e. The number of nitrogens with two attached hydrogens (primary N) is 1. The van der Waals surface area contributed by atoms with E-state index in [2.05, 4.69) is 0 Å². The molecule has 4 nitrogen and oxygen atoms in total. The summed E-state index contributed by atoms with van der Waals surface area (Å²) in [5.41, 5.74) is 5.70. The second-order valence-corrected chi connectivity index (χ2v) is 3.12. The SMILES string of the molecule is Nc1ccccc1.O=[N+]([O-])c1ccccc1F. The number of nitrogens with zero attached hydrogens (tertiary/aromatic N) is 1. The van der Waals surface area contributed by atoms with E-state index in [4.69, 9.17) is 5.73 Å². The molecule has 0 aromatic heterocycles. The van der Waals surface area contributed by atoms with Gasteiger partial charge in [-0.1, -0.05) is 30.3 Å². The number of para-hydroxylation sites is 2. The summed E-state index contributed by atoms with van der Waals surface area (Å²) in [5.74, 6) is -0.799. The molecule has 2 rings (SSSR count). The van der Waals surface area contributed by atoms with Crippen LogP contribution in [0.5, 0.6) is 0 Å². The number of nitro benzene ring substituents is 1. The van der Waals surface area contributed by atoms with Crippen LogP contribution in [0.15, 0.2) is 54.6 Å². The molecular weight excluding hydrogens is 223 g/mol. The summed E-state index contributed by atoms with van der Waals surface area (Å²) in [5, 5.41) is 9.99. The quantitative estimate of drug-likeness (QED) is 0.468. The molecule has 0 radical (unpaired) electrons. The molecule has 0 saturated carbocycles. The number of rotatable bonds is 1. The average molecular weight is 234 g/mol. The van der Waals surface area contributed by atoms with Crippen molar-refractivity contribution in [2.24, 2.45) is 0 Å². The zero-order valence-corrected chi connectivity index (χ0v) is 8.92. The zero-order chi connectivity index (χ0) is 12.7. The van der Waals surface area contributed by atoms with Crippen molar-refractivity contribution in [2.75, 3.05) is 5.73 Å². The summed E-state index contributed by atoms with van der Waals surface area (Å²) in [4.78, 5) is 9.23. The maximum Gasteiger partial charge on any atom is 0.304 e. The van der Waals surface area contributed by atoms with Crippen LogP contribution in [-0.2, 0) is 0 Å². The number of hydrogen-bond acceptors (Lipinski definition) is 3. The van der Waals surface area contributed by atoms with Crippen LogP contribution in [0, 0.1) is 15.9 Å². The minimum absolute atomic E-state index is 0.484. The summed E-state index contributed by atoms with van der Waals surface area (Å²) in [6.45, 7) is 0. The molecule has 2 aromatic carbocycles. The summed E-state index contributed by atoms with van der Waals surface area (Å²) in [6, 6.07) is 14.5. The van der Waals surface area contributed by atoms with E-state index in [1.54, 1.807) is 0 Å². The van der Waals surface area contributed by atoms with E-state index in [9.17, 15) is 14.5 Å². The van der Waals surface area contributed by atoms with E-state index >= 15 is 0 Å². The van der Waals surface area contributed by atoms with Gasteiger partial charge in [0.05, 0.1) is 4.92 Å². The molecule has 0 aliphatic rings. The topological polar surface area (TPSA) is 69.2 Å². The summed E-state index contributed by atoms with van der Waals surface area (Å²) < 4.78 is 12.4. The summed E-state index contributed by atoms with van der Waals surface area (Å²) >= 11 is 0. The Labute approximate surface area is 97.7 Å². The Morgan fingerprint density at radius 1 is 1.00 bits per heavy atom. The summed E-state index contributed by atoms with van der Waals surface area (Å²) in [7, 11) is 0. The third-order valence-corrected chi connectivity index (χ3v) is 1.85. The Bertz CT molecular complexity index is 489. The highest BCUT2D eigenvalue weighted by molar-refractivity contribution is 5.35. The van der Waals surface area contributed by atoms with Crippen molar-refractivity contribution in [1.82, 2.24) is 0 Å². The van der Waals surface area contributed by atoms with Crippen molar-refractivity contribution < 1.29 is 9.31 Å². The van der Waals surface area contributed by atoms with Gasteiger partial charge in [-0.3, -0.25) is 10.1 Å². The predicted octanol–water partition coefficient (Wildman–Crippen LogP) is 3.00. The third-order valence-electron chi connectivity index (χ3n) is 1.85. The van der Waals surface area contributed by atoms with Gasteiger partial charge in [0.1, 0.15) is 0 Å². The first-order valence-electron chi connectivity index (χ1n) is 4.80. The molecule has 0 saturated heterocycles. The van der Waals surface area contributed by atoms with Gasteiger partial charge in [-0.05, 0) is 18.2 Å². The van der Waals surface area contributed by atoms with E-state index in [1.165, 1.54) is 12.1 Å². The normalized spacial score (nSPS) is 9.00. The van der Waals surface area contributed by atoms with Crippen LogP contribution in [0.3, 0.4) is 0 Å². The molecule has 2 N–H and O–H groups in total. The lowest BCUT2D eigenvalue weighted by molar-refractivity contribution is -0.387. The van der Waals surface area contributed by atoms with Crippen LogP contribution < -0.4 is 5.73 Å². The fourth-order valence-electron chi connectivity index (χ4n) is 1.05. The highest BCUT2D eigenvalue weighted by Gasteiger charge is 2.10. The molecule has 5 heteroatoms. The molecule has 0 atom stereocenters. The Balaban J connectivity index is 0.000000181. The highest BCUT2D eigenvalue weighted by atomic mass is 19.1. The van der Waals surface area contributed by atoms with Crippen LogP contribution in [0.25, 0.3) is 0 Å². The summed E-state index contributed by atoms with van der Waals surface area (Å²) in [6.07, 6.45) is 0. The Hall–Kier alpha value is -2.43. The van der Waals surface area contributed by atoms with Crippen molar-refractivity contribution in [2.45, 2.75) is 0 Å². The number of hydrogen-bond donors (Lipinski definition) is 1. The minimum atomic E-state index is -0.799. The standard InChI is InChI=1S/C6H4FNO2.C6H7N/c7-5-3-1-2-4-6(5)8(9)10;7-6-4-2-1-3-5-6/h1-4H;1-5H,7H2. The van der Waals surface area contributed by atoms with E-state index in [0.717, 1.165) is 17.8 Å². The van der Waals surface area contributed by atoms with E-state index in [-0.39, 0.29) is 0 Å². The Kier molecular flexibility index (Phi) is 4.62. The largest absolute Gasteiger partial charge is 0.399 e. The maximum absolute atomic E-state index is 12.4. The molecule has 0 heterocycles. The number of benzene rings is 2. The van der Waals surface area contributed by atoms with Gasteiger partial charge in [0.25, 0.3) is 0 Å². The Morgan fingerprint density at radius 2 is 1.53 bits per heavy atom. The molecule has 0 unspecified atom stereocenters. The van der Waals surface area contributed by atoms with Crippen LogP contribution in [0.4, 0.5) is 15.8 Å². The van der Waals surface area contributed by atoms with Gasteiger partial charge in [-0.2, -0.15) is 4.39 Å². The second kappa shape index (κ2) is 6.22. The van der Waals surface area contributed by atoms with Crippen molar-refractivity contribution in [3.05, 3.63) is 70.5 Å². The van der Waals surface area contributed by atoms with Gasteiger partial charge < -0.3 is 5.73 Å². The lowest BCUT2D eigenvalue weighted by Crippen LogP contribution is -1.90. The monoisotopic (exact) mass is 234 g/mol. The lowest BCUT2D eigenvalue weighted by atomic mass is 10.3. The van der Waals surface area contributed by atoms with E-state index in [1.807, 2.05) is 30.3 Å². The molecule has 0 amide bonds. The Morgan fingerprint density at radius 3 is 1.88 bits per heavy atom. The van der Waals surface area contributed by atoms with Crippen LogP contribution in [0.2, 0.25) is 0 Å². The number of nitrogen functional groups attached to an aromatic ring is 1. The molecule has 17 heavy (non-hydrogen) atoms. The first-order chi connectivity index (χ1) is 8.11. The molecule has 2 aromatic rings. The van der Waals surface area contributed by atoms with Gasteiger partial charge in [0, 0.05) is 11.8 Å². The average Bonchev–Trinajstić information content (AvgIpc) is 2.31. The van der Waals surface area contributed by atoms with E-state index in [0.29, 0.717) is 0 Å². The third kappa shape index (κ3) is 4.29. The zero-order valence-electron chi connectivity index (χ0n) is 8.92. The van der Waals surface area contributed by atoms with Crippen molar-refractivity contribution in [3.8, 4) is 0 Å². The maximum atomic E-state index is 12.4. The van der Waals surface area contributed by atoms with Crippen LogP contribution >= 0.6 is 0 Å². The molecule has 0 aliphatic heterocycles. The molecule has 0 aliphatic carbocycles. The minimum Gasteiger partial charge on any atom is -0.399 e. The fraction of sp³-hybridized carbons (Fsp3) is 0. The van der Waals surface area contributed by atoms with Crippen molar-refractivity contribution >= 4 is 11.4 Å². The van der Waals surface area contributed by atoms with Gasteiger partial charge >= 0.3 is 5.69 Å². The van der Waals surface area contributed by atoms with Crippen molar-refractivity contribution in [3.63, 3.8) is 0 Å². The van der Waals surface area contributed by atoms with Gasteiger partial charge in [-0.15, -0.1) is 0 Å². The highest BCUT2D eigenvalue weighted by Crippen LogP contribution is 2.14. The predicted molar refractivity (Wildman–Crippen MR) is 63.9 cm³/mol. The van der Waals surface area contributed by atoms with Crippen LogP contribution in [-0.4, -0.2) is 4.92 Å².